The number of rotatable bonds is 4. The van der Waals surface area contributed by atoms with Crippen molar-refractivity contribution in [1.29, 1.82) is 0 Å². The molecule has 4 aromatic rings. The number of thiophene rings is 1. The third kappa shape index (κ3) is 3.77. The van der Waals surface area contributed by atoms with E-state index in [2.05, 4.69) is 25.1 Å². The quantitative estimate of drug-likeness (QED) is 0.477. The van der Waals surface area contributed by atoms with Crippen molar-refractivity contribution in [3.8, 4) is 16.4 Å². The molecule has 0 unspecified atom stereocenters. The Bertz CT molecular complexity index is 1250. The summed E-state index contributed by atoms with van der Waals surface area (Å²) < 4.78 is 3.50. The lowest BCUT2D eigenvalue weighted by atomic mass is 10.2. The van der Waals surface area contributed by atoms with E-state index in [9.17, 15) is 4.79 Å². The van der Waals surface area contributed by atoms with Crippen molar-refractivity contribution in [3.63, 3.8) is 0 Å². The standard InChI is InChI=1S/C22H24N8OS/c1-15-11-16(2)30(25-15)21-13-20(23-14-24-21)28-6-8-29(9-7-28)22(31)18-12-17(26-27(18)3)19-5-4-10-32-19/h4-5,10-14H,6-9H2,1-3H3. The molecular weight excluding hydrogens is 424 g/mol. The summed E-state index contributed by atoms with van der Waals surface area (Å²) in [5.41, 5.74) is 3.42. The molecule has 32 heavy (non-hydrogen) atoms. The number of anilines is 1. The number of hydrogen-bond acceptors (Lipinski definition) is 7. The van der Waals surface area contributed by atoms with E-state index in [1.54, 1.807) is 22.3 Å². The van der Waals surface area contributed by atoms with Crippen LogP contribution in [0.15, 0.2) is 42.0 Å². The van der Waals surface area contributed by atoms with Crippen molar-refractivity contribution in [2.75, 3.05) is 31.1 Å². The first-order valence-electron chi connectivity index (χ1n) is 10.5. The number of amides is 1. The van der Waals surface area contributed by atoms with Gasteiger partial charge in [0.05, 0.1) is 10.6 Å². The van der Waals surface area contributed by atoms with Crippen LogP contribution < -0.4 is 4.90 Å². The van der Waals surface area contributed by atoms with Gasteiger partial charge in [0.1, 0.15) is 23.5 Å². The molecule has 0 atom stereocenters. The van der Waals surface area contributed by atoms with Gasteiger partial charge < -0.3 is 9.80 Å². The van der Waals surface area contributed by atoms with Crippen LogP contribution in [-0.2, 0) is 7.05 Å². The van der Waals surface area contributed by atoms with Crippen LogP contribution in [0.5, 0.6) is 0 Å². The predicted molar refractivity (Wildman–Crippen MR) is 123 cm³/mol. The van der Waals surface area contributed by atoms with Crippen LogP contribution in [0.1, 0.15) is 21.9 Å². The molecule has 164 valence electrons. The molecule has 1 saturated heterocycles. The Hall–Kier alpha value is -3.53. The molecule has 1 amide bonds. The maximum absolute atomic E-state index is 13.1. The Balaban J connectivity index is 1.28. The zero-order valence-corrected chi connectivity index (χ0v) is 19.1. The van der Waals surface area contributed by atoms with Gasteiger partial charge >= 0.3 is 0 Å². The second-order valence-electron chi connectivity index (χ2n) is 7.87. The molecule has 0 aromatic carbocycles. The smallest absolute Gasteiger partial charge is 0.272 e. The SMILES string of the molecule is Cc1cc(C)n(-c2cc(N3CCN(C(=O)c4cc(-c5cccs5)nn4C)CC3)ncn2)n1. The van der Waals surface area contributed by atoms with Crippen molar-refractivity contribution >= 4 is 23.1 Å². The average molecular weight is 449 g/mol. The molecule has 1 fully saturated rings. The van der Waals surface area contributed by atoms with Crippen LogP contribution in [0.3, 0.4) is 0 Å². The largest absolute Gasteiger partial charge is 0.353 e. The van der Waals surface area contributed by atoms with Crippen LogP contribution in [0.4, 0.5) is 5.82 Å². The molecule has 9 nitrogen and oxygen atoms in total. The van der Waals surface area contributed by atoms with Crippen LogP contribution >= 0.6 is 11.3 Å². The highest BCUT2D eigenvalue weighted by Gasteiger charge is 2.26. The predicted octanol–water partition coefficient (Wildman–Crippen LogP) is 2.70. The van der Waals surface area contributed by atoms with Gasteiger partial charge in [0.25, 0.3) is 5.91 Å². The van der Waals surface area contributed by atoms with E-state index in [1.165, 1.54) is 0 Å². The Kier molecular flexibility index (Phi) is 5.22. The summed E-state index contributed by atoms with van der Waals surface area (Å²) in [7, 11) is 1.82. The second kappa shape index (κ2) is 8.19. The van der Waals surface area contributed by atoms with Crippen molar-refractivity contribution in [1.82, 2.24) is 34.4 Å². The molecule has 5 heterocycles. The molecule has 4 aromatic heterocycles. The first-order chi connectivity index (χ1) is 15.5. The summed E-state index contributed by atoms with van der Waals surface area (Å²) in [5, 5.41) is 11.0. The average Bonchev–Trinajstić information content (AvgIpc) is 3.54. The molecule has 0 N–H and O–H groups in total. The third-order valence-electron chi connectivity index (χ3n) is 5.63. The minimum atomic E-state index is 0.00785. The van der Waals surface area contributed by atoms with E-state index in [4.69, 9.17) is 0 Å². The van der Waals surface area contributed by atoms with Crippen molar-refractivity contribution in [3.05, 3.63) is 59.1 Å². The second-order valence-corrected chi connectivity index (χ2v) is 8.82. The number of aryl methyl sites for hydroxylation is 3. The van der Waals surface area contributed by atoms with Crippen molar-refractivity contribution < 1.29 is 4.79 Å². The van der Waals surface area contributed by atoms with Crippen LogP contribution in [0.25, 0.3) is 16.4 Å². The Morgan fingerprint density at radius 3 is 2.47 bits per heavy atom. The van der Waals surface area contributed by atoms with Crippen molar-refractivity contribution in [2.24, 2.45) is 7.05 Å². The van der Waals surface area contributed by atoms with Gasteiger partial charge in [0.2, 0.25) is 0 Å². The summed E-state index contributed by atoms with van der Waals surface area (Å²) in [5.74, 6) is 1.60. The first kappa shape index (κ1) is 20.4. The highest BCUT2D eigenvalue weighted by atomic mass is 32.1. The highest BCUT2D eigenvalue weighted by Crippen LogP contribution is 2.25. The lowest BCUT2D eigenvalue weighted by molar-refractivity contribution is 0.0735. The summed E-state index contributed by atoms with van der Waals surface area (Å²) in [6, 6.07) is 9.86. The monoisotopic (exact) mass is 448 g/mol. The fourth-order valence-corrected chi connectivity index (χ4v) is 4.68. The lowest BCUT2D eigenvalue weighted by Crippen LogP contribution is -2.49. The van der Waals surface area contributed by atoms with E-state index in [-0.39, 0.29) is 5.91 Å². The molecule has 0 bridgehead atoms. The molecule has 10 heteroatoms. The summed E-state index contributed by atoms with van der Waals surface area (Å²) >= 11 is 1.62. The number of carbonyl (C=O) groups is 1. The minimum Gasteiger partial charge on any atom is -0.353 e. The van der Waals surface area contributed by atoms with E-state index < -0.39 is 0 Å². The van der Waals surface area contributed by atoms with E-state index in [0.29, 0.717) is 31.9 Å². The minimum absolute atomic E-state index is 0.00785. The molecule has 1 aliphatic rings. The topological polar surface area (TPSA) is 85.0 Å². The number of nitrogens with zero attached hydrogens (tertiary/aromatic N) is 8. The Morgan fingerprint density at radius 2 is 1.78 bits per heavy atom. The van der Waals surface area contributed by atoms with Crippen LogP contribution in [0.2, 0.25) is 0 Å². The van der Waals surface area contributed by atoms with Gasteiger partial charge in [-0.1, -0.05) is 6.07 Å². The zero-order valence-electron chi connectivity index (χ0n) is 18.3. The van der Waals surface area contributed by atoms with Gasteiger partial charge in [0.15, 0.2) is 5.82 Å². The van der Waals surface area contributed by atoms with Crippen molar-refractivity contribution in [2.45, 2.75) is 13.8 Å². The summed E-state index contributed by atoms with van der Waals surface area (Å²) in [6.07, 6.45) is 1.57. The zero-order chi connectivity index (χ0) is 22.2. The van der Waals surface area contributed by atoms with Crippen LogP contribution in [0, 0.1) is 13.8 Å². The molecule has 1 aliphatic heterocycles. The van der Waals surface area contributed by atoms with Gasteiger partial charge in [0, 0.05) is 45.0 Å². The van der Waals surface area contributed by atoms with Crippen LogP contribution in [-0.4, -0.2) is 66.5 Å². The normalized spacial score (nSPS) is 14.2. The lowest BCUT2D eigenvalue weighted by Gasteiger charge is -2.35. The molecule has 0 radical (unpaired) electrons. The van der Waals surface area contributed by atoms with Gasteiger partial charge in [-0.25, -0.2) is 14.6 Å². The number of piperazine rings is 1. The van der Waals surface area contributed by atoms with Gasteiger partial charge in [-0.3, -0.25) is 9.48 Å². The molecule has 0 saturated carbocycles. The summed E-state index contributed by atoms with van der Waals surface area (Å²) in [6.45, 7) is 6.63. The Morgan fingerprint density at radius 1 is 1.00 bits per heavy atom. The third-order valence-corrected chi connectivity index (χ3v) is 6.52. The highest BCUT2D eigenvalue weighted by molar-refractivity contribution is 7.13. The fourth-order valence-electron chi connectivity index (χ4n) is 4.00. The first-order valence-corrected chi connectivity index (χ1v) is 11.4. The van der Waals surface area contributed by atoms with Gasteiger partial charge in [-0.2, -0.15) is 10.2 Å². The fraction of sp³-hybridized carbons (Fsp3) is 0.318. The number of hydrogen-bond donors (Lipinski definition) is 0. The van der Waals surface area contributed by atoms with Gasteiger partial charge in [-0.15, -0.1) is 11.3 Å². The Labute approximate surface area is 189 Å². The maximum Gasteiger partial charge on any atom is 0.272 e. The van der Waals surface area contributed by atoms with E-state index >= 15 is 0 Å². The molecule has 0 spiro atoms. The molecule has 5 rings (SSSR count). The maximum atomic E-state index is 13.1. The van der Waals surface area contributed by atoms with E-state index in [1.807, 2.05) is 66.2 Å². The van der Waals surface area contributed by atoms with Gasteiger partial charge in [-0.05, 0) is 37.4 Å². The van der Waals surface area contributed by atoms with E-state index in [0.717, 1.165) is 33.6 Å². The molecule has 0 aliphatic carbocycles. The number of carbonyl (C=O) groups excluding carboxylic acids is 1. The molecular formula is C22H24N8OS. The number of aromatic nitrogens is 6. The summed E-state index contributed by atoms with van der Waals surface area (Å²) in [4.78, 5) is 27.1.